The summed E-state index contributed by atoms with van der Waals surface area (Å²) >= 11 is 12.4. The third kappa shape index (κ3) is 2.89. The van der Waals surface area contributed by atoms with Crippen LogP contribution < -0.4 is 15.2 Å². The minimum absolute atomic E-state index is 0.330. The summed E-state index contributed by atoms with van der Waals surface area (Å²) < 4.78 is 10.2. The fraction of sp³-hybridized carbons (Fsp3) is 0.231. The number of rotatable bonds is 4. The van der Waals surface area contributed by atoms with Gasteiger partial charge in [-0.25, -0.2) is 0 Å². The summed E-state index contributed by atoms with van der Waals surface area (Å²) in [7, 11) is 3.01. The van der Waals surface area contributed by atoms with Gasteiger partial charge in [0, 0.05) is 5.56 Å². The van der Waals surface area contributed by atoms with E-state index in [2.05, 4.69) is 9.97 Å². The number of ether oxygens (including phenoxy) is 2. The van der Waals surface area contributed by atoms with E-state index in [1.54, 1.807) is 24.3 Å². The number of nitrogens with two attached hydrogens (primary N) is 1. The number of anilines is 1. The van der Waals surface area contributed by atoms with Gasteiger partial charge >= 0.3 is 0 Å². The minimum Gasteiger partial charge on any atom is -0.481 e. The second kappa shape index (κ2) is 6.15. The van der Waals surface area contributed by atoms with Crippen LogP contribution in [0.5, 0.6) is 11.8 Å². The number of hydrogen-bond acceptors (Lipinski definition) is 5. The predicted octanol–water partition coefficient (Wildman–Crippen LogP) is 3.06. The Bertz CT molecular complexity index is 600. The number of nitrogens with zero attached hydrogens (tertiary/aromatic N) is 2. The molecular formula is C13H13Cl2N3O2. The maximum atomic E-state index is 6.39. The molecule has 1 heterocycles. The molecule has 0 aliphatic carbocycles. The van der Waals surface area contributed by atoms with Gasteiger partial charge < -0.3 is 15.2 Å². The Hall–Kier alpha value is -1.72. The number of para-hydroxylation sites is 1. The van der Waals surface area contributed by atoms with Gasteiger partial charge in [-0.15, -0.1) is 11.6 Å². The Morgan fingerprint density at radius 2 is 1.75 bits per heavy atom. The number of halogens is 2. The summed E-state index contributed by atoms with van der Waals surface area (Å²) in [5.41, 5.74) is 6.96. The first-order chi connectivity index (χ1) is 9.56. The van der Waals surface area contributed by atoms with Crippen LogP contribution in [0.1, 0.15) is 16.8 Å². The third-order valence-electron chi connectivity index (χ3n) is 2.70. The second-order valence-corrected chi connectivity index (χ2v) is 4.76. The Morgan fingerprint density at radius 3 is 2.30 bits per heavy atom. The first-order valence-corrected chi connectivity index (χ1v) is 6.53. The molecule has 0 saturated carbocycles. The van der Waals surface area contributed by atoms with E-state index in [1.165, 1.54) is 14.2 Å². The van der Waals surface area contributed by atoms with E-state index >= 15 is 0 Å². The summed E-state index contributed by atoms with van der Waals surface area (Å²) in [5.74, 6) is 1.05. The third-order valence-corrected chi connectivity index (χ3v) is 3.46. The minimum atomic E-state index is -0.655. The van der Waals surface area contributed by atoms with Gasteiger partial charge in [-0.1, -0.05) is 23.7 Å². The summed E-state index contributed by atoms with van der Waals surface area (Å²) in [5, 5.41) is -0.222. The van der Waals surface area contributed by atoms with Crippen molar-refractivity contribution in [2.45, 2.75) is 5.38 Å². The Morgan fingerprint density at radius 1 is 1.15 bits per heavy atom. The molecule has 1 aromatic heterocycles. The lowest BCUT2D eigenvalue weighted by atomic mass is 10.1. The van der Waals surface area contributed by atoms with Crippen molar-refractivity contribution in [1.82, 2.24) is 9.97 Å². The van der Waals surface area contributed by atoms with Gasteiger partial charge in [-0.05, 0) is 6.07 Å². The van der Waals surface area contributed by atoms with Crippen LogP contribution >= 0.6 is 23.2 Å². The fourth-order valence-corrected chi connectivity index (χ4v) is 2.13. The number of methoxy groups -OCH3 is 2. The molecule has 0 aliphatic heterocycles. The van der Waals surface area contributed by atoms with Crippen molar-refractivity contribution >= 4 is 28.9 Å². The van der Waals surface area contributed by atoms with Gasteiger partial charge in [0.25, 0.3) is 0 Å². The van der Waals surface area contributed by atoms with Gasteiger partial charge in [0.05, 0.1) is 31.0 Å². The molecule has 2 aromatic rings. The molecule has 0 saturated heterocycles. The lowest BCUT2D eigenvalue weighted by Crippen LogP contribution is -2.06. The van der Waals surface area contributed by atoms with Crippen LogP contribution in [-0.2, 0) is 0 Å². The SMILES string of the molecule is COc1cc(OC)nc(C(Cl)c2cccc(Cl)c2N)n1. The molecule has 2 N–H and O–H groups in total. The normalized spacial score (nSPS) is 12.0. The number of hydrogen-bond donors (Lipinski definition) is 1. The molecular weight excluding hydrogens is 301 g/mol. The van der Waals surface area contributed by atoms with Crippen LogP contribution in [0.15, 0.2) is 24.3 Å². The van der Waals surface area contributed by atoms with Crippen molar-refractivity contribution in [3.05, 3.63) is 40.7 Å². The largest absolute Gasteiger partial charge is 0.481 e. The van der Waals surface area contributed by atoms with Crippen molar-refractivity contribution < 1.29 is 9.47 Å². The zero-order valence-electron chi connectivity index (χ0n) is 10.9. The van der Waals surface area contributed by atoms with Crippen LogP contribution in [-0.4, -0.2) is 24.2 Å². The maximum Gasteiger partial charge on any atom is 0.220 e. The maximum absolute atomic E-state index is 6.39. The molecule has 20 heavy (non-hydrogen) atoms. The number of benzene rings is 1. The average Bonchev–Trinajstić information content (AvgIpc) is 2.48. The van der Waals surface area contributed by atoms with E-state index < -0.39 is 5.38 Å². The van der Waals surface area contributed by atoms with Crippen molar-refractivity contribution in [3.63, 3.8) is 0 Å². The molecule has 0 amide bonds. The quantitative estimate of drug-likeness (QED) is 0.694. The zero-order valence-corrected chi connectivity index (χ0v) is 12.4. The highest BCUT2D eigenvalue weighted by Crippen LogP contribution is 2.35. The Labute approximate surface area is 126 Å². The first-order valence-electron chi connectivity index (χ1n) is 5.71. The van der Waals surface area contributed by atoms with Crippen molar-refractivity contribution in [2.24, 2.45) is 0 Å². The Kier molecular flexibility index (Phi) is 4.52. The molecule has 106 valence electrons. The van der Waals surface area contributed by atoms with E-state index in [-0.39, 0.29) is 0 Å². The van der Waals surface area contributed by atoms with E-state index in [0.717, 1.165) is 0 Å². The average molecular weight is 314 g/mol. The molecule has 0 spiro atoms. The fourth-order valence-electron chi connectivity index (χ4n) is 1.66. The van der Waals surface area contributed by atoms with Gasteiger partial charge in [0.15, 0.2) is 5.82 Å². The summed E-state index contributed by atoms with van der Waals surface area (Å²) in [6.07, 6.45) is 0. The molecule has 0 fully saturated rings. The number of alkyl halides is 1. The number of aromatic nitrogens is 2. The van der Waals surface area contributed by atoms with Crippen LogP contribution in [0.25, 0.3) is 0 Å². The van der Waals surface area contributed by atoms with Gasteiger partial charge in [-0.3, -0.25) is 0 Å². The molecule has 1 aromatic carbocycles. The molecule has 2 rings (SSSR count). The highest BCUT2D eigenvalue weighted by Gasteiger charge is 2.20. The molecule has 1 unspecified atom stereocenters. The van der Waals surface area contributed by atoms with Gasteiger partial charge in [0.1, 0.15) is 5.38 Å². The standard InChI is InChI=1S/C13H13Cl2N3O2/c1-19-9-6-10(20-2)18-13(17-9)11(15)7-4-3-5-8(14)12(7)16/h3-6,11H,16H2,1-2H3. The van der Waals surface area contributed by atoms with Crippen molar-refractivity contribution in [1.29, 1.82) is 0 Å². The van der Waals surface area contributed by atoms with Crippen LogP contribution in [0, 0.1) is 0 Å². The zero-order chi connectivity index (χ0) is 14.7. The smallest absolute Gasteiger partial charge is 0.220 e. The van der Waals surface area contributed by atoms with Crippen LogP contribution in [0.4, 0.5) is 5.69 Å². The molecule has 0 bridgehead atoms. The van der Waals surface area contributed by atoms with E-state index in [1.807, 2.05) is 0 Å². The highest BCUT2D eigenvalue weighted by atomic mass is 35.5. The Balaban J connectivity index is 2.47. The molecule has 5 nitrogen and oxygen atoms in total. The van der Waals surface area contributed by atoms with E-state index in [4.69, 9.17) is 38.4 Å². The molecule has 1 atom stereocenters. The summed E-state index contributed by atoms with van der Waals surface area (Å²) in [6, 6.07) is 6.79. The van der Waals surface area contributed by atoms with Crippen molar-refractivity contribution in [3.8, 4) is 11.8 Å². The second-order valence-electron chi connectivity index (χ2n) is 3.92. The summed E-state index contributed by atoms with van der Waals surface area (Å²) in [4.78, 5) is 8.41. The molecule has 0 aliphatic rings. The van der Waals surface area contributed by atoms with Crippen LogP contribution in [0.2, 0.25) is 5.02 Å². The van der Waals surface area contributed by atoms with E-state index in [0.29, 0.717) is 33.9 Å². The van der Waals surface area contributed by atoms with Gasteiger partial charge in [0.2, 0.25) is 11.8 Å². The first kappa shape index (κ1) is 14.7. The summed E-state index contributed by atoms with van der Waals surface area (Å²) in [6.45, 7) is 0. The molecule has 0 radical (unpaired) electrons. The lowest BCUT2D eigenvalue weighted by Gasteiger charge is -2.13. The van der Waals surface area contributed by atoms with Gasteiger partial charge in [-0.2, -0.15) is 9.97 Å². The lowest BCUT2D eigenvalue weighted by molar-refractivity contribution is 0.368. The predicted molar refractivity (Wildman–Crippen MR) is 78.7 cm³/mol. The van der Waals surface area contributed by atoms with Crippen LogP contribution in [0.3, 0.4) is 0 Å². The monoisotopic (exact) mass is 313 g/mol. The molecule has 7 heteroatoms. The highest BCUT2D eigenvalue weighted by molar-refractivity contribution is 6.33. The van der Waals surface area contributed by atoms with E-state index in [9.17, 15) is 0 Å². The number of nitrogen functional groups attached to an aromatic ring is 1. The van der Waals surface area contributed by atoms with Crippen molar-refractivity contribution in [2.75, 3.05) is 20.0 Å². The topological polar surface area (TPSA) is 70.3 Å².